The number of methoxy groups -OCH3 is 2. The van der Waals surface area contributed by atoms with Crippen LogP contribution in [0.25, 0.3) is 0 Å². The first-order valence-electron chi connectivity index (χ1n) is 10.9. The smallest absolute Gasteiger partial charge is 0.237 e. The predicted octanol–water partition coefficient (Wildman–Crippen LogP) is 3.56. The number of hydrogen-bond donors (Lipinski definition) is 1. The van der Waals surface area contributed by atoms with Crippen LogP contribution in [0.3, 0.4) is 0 Å². The molecule has 0 saturated carbocycles. The van der Waals surface area contributed by atoms with Crippen molar-refractivity contribution in [3.63, 3.8) is 0 Å². The highest BCUT2D eigenvalue weighted by atomic mass is 16.5. The number of benzene rings is 2. The van der Waals surface area contributed by atoms with E-state index in [0.717, 1.165) is 18.5 Å². The second kappa shape index (κ2) is 11.2. The highest BCUT2D eigenvalue weighted by Crippen LogP contribution is 2.30. The molecule has 1 amide bonds. The first-order valence-corrected chi connectivity index (χ1v) is 10.9. The van der Waals surface area contributed by atoms with Crippen LogP contribution in [0.15, 0.2) is 42.5 Å². The molecule has 1 aliphatic rings. The lowest BCUT2D eigenvalue weighted by Crippen LogP contribution is -2.50. The standard InChI is InChI=1S/C25H34N2O4/c1-18(2)31-13-7-12-26-25(28)22-15-20-8-5-6-9-21(20)17-27(22)16-19-10-11-23(29-3)24(14-19)30-4/h5-6,8-11,14,18,22H,7,12-13,15-17H2,1-4H3,(H,26,28)/t22-/m0/s1. The highest BCUT2D eigenvalue weighted by Gasteiger charge is 2.31. The van der Waals surface area contributed by atoms with E-state index in [4.69, 9.17) is 14.2 Å². The SMILES string of the molecule is COc1ccc(CN2Cc3ccccc3C[C@H]2C(=O)NCCCOC(C)C)cc1OC. The van der Waals surface area contributed by atoms with Crippen molar-refractivity contribution in [1.29, 1.82) is 0 Å². The predicted molar refractivity (Wildman–Crippen MR) is 121 cm³/mol. The van der Waals surface area contributed by atoms with Gasteiger partial charge in [-0.05, 0) is 55.5 Å². The van der Waals surface area contributed by atoms with Gasteiger partial charge < -0.3 is 19.5 Å². The number of amides is 1. The van der Waals surface area contributed by atoms with E-state index in [9.17, 15) is 4.79 Å². The van der Waals surface area contributed by atoms with Gasteiger partial charge in [0.15, 0.2) is 11.5 Å². The fourth-order valence-corrected chi connectivity index (χ4v) is 3.94. The van der Waals surface area contributed by atoms with Crippen LogP contribution in [0.1, 0.15) is 37.0 Å². The lowest BCUT2D eigenvalue weighted by atomic mass is 9.93. The average molecular weight is 427 g/mol. The summed E-state index contributed by atoms with van der Waals surface area (Å²) in [4.78, 5) is 15.3. The van der Waals surface area contributed by atoms with E-state index in [0.29, 0.717) is 37.6 Å². The minimum absolute atomic E-state index is 0.0690. The summed E-state index contributed by atoms with van der Waals surface area (Å²) >= 11 is 0. The molecule has 0 saturated heterocycles. The zero-order valence-corrected chi connectivity index (χ0v) is 19.0. The summed E-state index contributed by atoms with van der Waals surface area (Å²) in [5, 5.41) is 3.11. The average Bonchev–Trinajstić information content (AvgIpc) is 2.77. The van der Waals surface area contributed by atoms with E-state index in [1.54, 1.807) is 14.2 Å². The molecule has 0 aliphatic carbocycles. The van der Waals surface area contributed by atoms with E-state index in [-0.39, 0.29) is 18.1 Å². The number of carbonyl (C=O) groups excluding carboxylic acids is 1. The fraction of sp³-hybridized carbons (Fsp3) is 0.480. The maximum atomic E-state index is 13.1. The van der Waals surface area contributed by atoms with Crippen LogP contribution >= 0.6 is 0 Å². The molecule has 6 nitrogen and oxygen atoms in total. The third-order valence-electron chi connectivity index (χ3n) is 5.55. The first-order chi connectivity index (χ1) is 15.0. The second-order valence-electron chi connectivity index (χ2n) is 8.15. The molecule has 0 bridgehead atoms. The Hall–Kier alpha value is -2.57. The van der Waals surface area contributed by atoms with Crippen molar-refractivity contribution in [2.75, 3.05) is 27.4 Å². The molecule has 1 aliphatic heterocycles. The van der Waals surface area contributed by atoms with Crippen LogP contribution in [0.5, 0.6) is 11.5 Å². The van der Waals surface area contributed by atoms with Crippen LogP contribution in [-0.2, 0) is 29.0 Å². The Morgan fingerprint density at radius 1 is 1.10 bits per heavy atom. The summed E-state index contributed by atoms with van der Waals surface area (Å²) in [6.45, 7) is 6.70. The van der Waals surface area contributed by atoms with Crippen molar-refractivity contribution in [3.8, 4) is 11.5 Å². The largest absolute Gasteiger partial charge is 0.493 e. The van der Waals surface area contributed by atoms with Crippen LogP contribution in [-0.4, -0.2) is 50.3 Å². The van der Waals surface area contributed by atoms with Crippen LogP contribution in [0.2, 0.25) is 0 Å². The monoisotopic (exact) mass is 426 g/mol. The molecule has 0 radical (unpaired) electrons. The van der Waals surface area contributed by atoms with Gasteiger partial charge in [0.2, 0.25) is 5.91 Å². The number of rotatable bonds is 10. The fourth-order valence-electron chi connectivity index (χ4n) is 3.94. The second-order valence-corrected chi connectivity index (χ2v) is 8.15. The quantitative estimate of drug-likeness (QED) is 0.589. The van der Waals surface area contributed by atoms with Gasteiger partial charge in [-0.15, -0.1) is 0 Å². The molecule has 2 aromatic rings. The van der Waals surface area contributed by atoms with Gasteiger partial charge in [0.25, 0.3) is 0 Å². The maximum Gasteiger partial charge on any atom is 0.237 e. The summed E-state index contributed by atoms with van der Waals surface area (Å²) in [6, 6.07) is 14.1. The number of fused-ring (bicyclic) bond motifs is 1. The Morgan fingerprint density at radius 3 is 2.55 bits per heavy atom. The Balaban J connectivity index is 1.71. The summed E-state index contributed by atoms with van der Waals surface area (Å²) in [7, 11) is 3.27. The maximum absolute atomic E-state index is 13.1. The van der Waals surface area contributed by atoms with Crippen molar-refractivity contribution in [2.45, 2.75) is 51.9 Å². The molecule has 0 unspecified atom stereocenters. The van der Waals surface area contributed by atoms with Gasteiger partial charge in [0.05, 0.1) is 26.4 Å². The van der Waals surface area contributed by atoms with Crippen molar-refractivity contribution in [3.05, 3.63) is 59.2 Å². The number of nitrogens with one attached hydrogen (secondary N) is 1. The molecule has 168 valence electrons. The normalized spacial score (nSPS) is 16.1. The zero-order chi connectivity index (χ0) is 22.2. The Kier molecular flexibility index (Phi) is 8.32. The molecule has 3 rings (SSSR count). The van der Waals surface area contributed by atoms with Crippen molar-refractivity contribution >= 4 is 5.91 Å². The van der Waals surface area contributed by atoms with Gasteiger partial charge in [-0.1, -0.05) is 30.3 Å². The van der Waals surface area contributed by atoms with E-state index in [1.165, 1.54) is 11.1 Å². The van der Waals surface area contributed by atoms with Gasteiger partial charge in [-0.2, -0.15) is 0 Å². The van der Waals surface area contributed by atoms with E-state index in [1.807, 2.05) is 38.1 Å². The van der Waals surface area contributed by atoms with E-state index in [2.05, 4.69) is 28.4 Å². The minimum atomic E-state index is -0.214. The number of carbonyl (C=O) groups is 1. The summed E-state index contributed by atoms with van der Waals surface area (Å²) < 4.78 is 16.4. The highest BCUT2D eigenvalue weighted by molar-refractivity contribution is 5.82. The Bertz CT molecular complexity index is 868. The first kappa shape index (κ1) is 23.1. The molecule has 2 aromatic carbocycles. The molecule has 1 N–H and O–H groups in total. The number of nitrogens with zero attached hydrogens (tertiary/aromatic N) is 1. The molecular weight excluding hydrogens is 392 g/mol. The zero-order valence-electron chi connectivity index (χ0n) is 19.0. The number of ether oxygens (including phenoxy) is 3. The Morgan fingerprint density at radius 2 is 1.84 bits per heavy atom. The van der Waals surface area contributed by atoms with Gasteiger partial charge in [-0.25, -0.2) is 0 Å². The van der Waals surface area contributed by atoms with Crippen molar-refractivity contribution in [1.82, 2.24) is 10.2 Å². The summed E-state index contributed by atoms with van der Waals surface area (Å²) in [5.41, 5.74) is 3.60. The van der Waals surface area contributed by atoms with E-state index >= 15 is 0 Å². The van der Waals surface area contributed by atoms with Gasteiger partial charge in [0.1, 0.15) is 0 Å². The van der Waals surface area contributed by atoms with Crippen LogP contribution in [0.4, 0.5) is 0 Å². The molecule has 31 heavy (non-hydrogen) atoms. The van der Waals surface area contributed by atoms with Gasteiger partial charge in [-0.3, -0.25) is 9.69 Å². The lowest BCUT2D eigenvalue weighted by Gasteiger charge is -2.36. The lowest BCUT2D eigenvalue weighted by molar-refractivity contribution is -0.127. The molecule has 1 heterocycles. The van der Waals surface area contributed by atoms with Gasteiger partial charge in [0, 0.05) is 26.2 Å². The van der Waals surface area contributed by atoms with Crippen molar-refractivity contribution in [2.24, 2.45) is 0 Å². The third kappa shape index (κ3) is 6.21. The molecular formula is C25H34N2O4. The molecule has 0 aromatic heterocycles. The van der Waals surface area contributed by atoms with E-state index < -0.39 is 0 Å². The Labute approximate surface area is 185 Å². The third-order valence-corrected chi connectivity index (χ3v) is 5.55. The molecule has 1 atom stereocenters. The topological polar surface area (TPSA) is 60.0 Å². The van der Waals surface area contributed by atoms with Crippen molar-refractivity contribution < 1.29 is 19.0 Å². The summed E-state index contributed by atoms with van der Waals surface area (Å²) in [5.74, 6) is 1.47. The minimum Gasteiger partial charge on any atom is -0.493 e. The van der Waals surface area contributed by atoms with Gasteiger partial charge >= 0.3 is 0 Å². The number of hydrogen-bond acceptors (Lipinski definition) is 5. The molecule has 6 heteroatoms. The summed E-state index contributed by atoms with van der Waals surface area (Å²) in [6.07, 6.45) is 1.73. The van der Waals surface area contributed by atoms with Crippen LogP contribution in [0, 0.1) is 0 Å². The van der Waals surface area contributed by atoms with Crippen LogP contribution < -0.4 is 14.8 Å². The molecule has 0 fully saturated rings. The molecule has 0 spiro atoms.